The standard InChI is InChI=1S/C23H15Cl3N2O3/c24-13-6-9-15(10-7-13)27-22(29)19-20(17-11-8-14(25)12-18(17)26)28(31-21(19)23(27)30)16-4-2-1-3-5-16/h1-12,19-21H. The van der Waals surface area contributed by atoms with E-state index >= 15 is 0 Å². The summed E-state index contributed by atoms with van der Waals surface area (Å²) in [7, 11) is 0. The van der Waals surface area contributed by atoms with Crippen LogP contribution in [-0.2, 0) is 14.4 Å². The lowest BCUT2D eigenvalue weighted by molar-refractivity contribution is -0.126. The molecule has 0 spiro atoms. The first-order valence-corrected chi connectivity index (χ1v) is 10.7. The van der Waals surface area contributed by atoms with Gasteiger partial charge in [0.25, 0.3) is 5.91 Å². The van der Waals surface area contributed by atoms with Gasteiger partial charge < -0.3 is 0 Å². The molecule has 2 fully saturated rings. The van der Waals surface area contributed by atoms with Crippen LogP contribution in [0.25, 0.3) is 0 Å². The van der Waals surface area contributed by atoms with Gasteiger partial charge in [0.2, 0.25) is 5.91 Å². The van der Waals surface area contributed by atoms with Crippen molar-refractivity contribution in [2.45, 2.75) is 12.1 Å². The van der Waals surface area contributed by atoms with E-state index in [4.69, 9.17) is 39.6 Å². The van der Waals surface area contributed by atoms with Crippen molar-refractivity contribution in [3.63, 3.8) is 0 Å². The first-order valence-electron chi connectivity index (χ1n) is 9.55. The molecule has 3 unspecified atom stereocenters. The van der Waals surface area contributed by atoms with Gasteiger partial charge >= 0.3 is 0 Å². The van der Waals surface area contributed by atoms with Crippen molar-refractivity contribution >= 4 is 58.0 Å². The third kappa shape index (κ3) is 3.38. The zero-order valence-electron chi connectivity index (χ0n) is 15.9. The molecule has 0 N–H and O–H groups in total. The average Bonchev–Trinajstić information content (AvgIpc) is 3.26. The van der Waals surface area contributed by atoms with E-state index in [-0.39, 0.29) is 5.91 Å². The van der Waals surface area contributed by atoms with Crippen molar-refractivity contribution < 1.29 is 14.4 Å². The smallest absolute Gasteiger partial charge is 0.266 e. The maximum absolute atomic E-state index is 13.5. The number of fused-ring (bicyclic) bond motifs is 1. The summed E-state index contributed by atoms with van der Waals surface area (Å²) in [4.78, 5) is 34.0. The Morgan fingerprint density at radius 1 is 0.742 bits per heavy atom. The Morgan fingerprint density at radius 2 is 1.42 bits per heavy atom. The second kappa shape index (κ2) is 7.84. The Hall–Kier alpha value is -2.57. The predicted octanol–water partition coefficient (Wildman–Crippen LogP) is 5.70. The van der Waals surface area contributed by atoms with Crippen LogP contribution in [0.5, 0.6) is 0 Å². The van der Waals surface area contributed by atoms with Gasteiger partial charge in [-0.15, -0.1) is 0 Å². The molecule has 2 heterocycles. The van der Waals surface area contributed by atoms with Crippen molar-refractivity contribution in [3.8, 4) is 0 Å². The molecular weight excluding hydrogens is 459 g/mol. The Labute approximate surface area is 193 Å². The van der Waals surface area contributed by atoms with Crippen LogP contribution in [0.1, 0.15) is 11.6 Å². The molecule has 156 valence electrons. The minimum absolute atomic E-state index is 0.355. The first kappa shape index (κ1) is 20.3. The van der Waals surface area contributed by atoms with E-state index in [1.54, 1.807) is 47.5 Å². The normalized spacial score (nSPS) is 22.9. The second-order valence-corrected chi connectivity index (χ2v) is 8.59. The number of nitrogens with zero attached hydrogens (tertiary/aromatic N) is 2. The summed E-state index contributed by atoms with van der Waals surface area (Å²) in [5, 5.41) is 2.99. The number of benzene rings is 3. The van der Waals surface area contributed by atoms with Crippen LogP contribution in [-0.4, -0.2) is 17.9 Å². The summed E-state index contributed by atoms with van der Waals surface area (Å²) in [5.74, 6) is -1.56. The molecule has 0 radical (unpaired) electrons. The molecule has 0 aliphatic carbocycles. The first-order chi connectivity index (χ1) is 15.0. The van der Waals surface area contributed by atoms with Gasteiger partial charge in [0, 0.05) is 15.1 Å². The van der Waals surface area contributed by atoms with Crippen molar-refractivity contribution in [3.05, 3.63) is 93.4 Å². The van der Waals surface area contributed by atoms with Crippen LogP contribution in [0.4, 0.5) is 11.4 Å². The van der Waals surface area contributed by atoms with Gasteiger partial charge in [-0.1, -0.05) is 59.1 Å². The average molecular weight is 474 g/mol. The van der Waals surface area contributed by atoms with Crippen molar-refractivity contribution in [1.29, 1.82) is 0 Å². The highest BCUT2D eigenvalue weighted by atomic mass is 35.5. The van der Waals surface area contributed by atoms with Crippen molar-refractivity contribution in [2.75, 3.05) is 9.96 Å². The summed E-state index contributed by atoms with van der Waals surface area (Å²) in [6, 6.07) is 20.3. The monoisotopic (exact) mass is 472 g/mol. The van der Waals surface area contributed by atoms with Crippen LogP contribution in [0.2, 0.25) is 15.1 Å². The number of carbonyl (C=O) groups excluding carboxylic acids is 2. The van der Waals surface area contributed by atoms with Gasteiger partial charge in [0.1, 0.15) is 5.92 Å². The number of rotatable bonds is 3. The number of para-hydroxylation sites is 1. The summed E-state index contributed by atoms with van der Waals surface area (Å²) in [6.45, 7) is 0. The maximum Gasteiger partial charge on any atom is 0.266 e. The van der Waals surface area contributed by atoms with Crippen LogP contribution in [0.3, 0.4) is 0 Å². The van der Waals surface area contributed by atoms with E-state index in [0.29, 0.717) is 32.0 Å². The fourth-order valence-electron chi connectivity index (χ4n) is 4.12. The number of carbonyl (C=O) groups is 2. The minimum atomic E-state index is -0.972. The molecule has 0 bridgehead atoms. The molecule has 0 aromatic heterocycles. The number of amides is 2. The molecule has 3 aromatic carbocycles. The molecule has 2 amide bonds. The molecule has 3 aromatic rings. The van der Waals surface area contributed by atoms with E-state index in [1.165, 1.54) is 0 Å². The lowest BCUT2D eigenvalue weighted by Crippen LogP contribution is -2.37. The van der Waals surface area contributed by atoms with Gasteiger partial charge in [-0.05, 0) is 54.1 Å². The Balaban J connectivity index is 1.61. The number of anilines is 2. The summed E-state index contributed by atoms with van der Waals surface area (Å²) >= 11 is 18.6. The van der Waals surface area contributed by atoms with Gasteiger partial charge in [-0.25, -0.2) is 9.96 Å². The lowest BCUT2D eigenvalue weighted by Gasteiger charge is -2.29. The quantitative estimate of drug-likeness (QED) is 0.458. The van der Waals surface area contributed by atoms with Crippen LogP contribution in [0, 0.1) is 5.92 Å². The molecule has 2 aliphatic rings. The van der Waals surface area contributed by atoms with Crippen LogP contribution >= 0.6 is 34.8 Å². The van der Waals surface area contributed by atoms with Crippen LogP contribution < -0.4 is 9.96 Å². The molecule has 2 saturated heterocycles. The molecule has 3 atom stereocenters. The number of imide groups is 1. The van der Waals surface area contributed by atoms with Gasteiger partial charge in [-0.2, -0.15) is 0 Å². The zero-order chi connectivity index (χ0) is 21.7. The summed E-state index contributed by atoms with van der Waals surface area (Å²) in [6.07, 6.45) is -0.972. The molecule has 0 saturated carbocycles. The Kier molecular flexibility index (Phi) is 5.15. The topological polar surface area (TPSA) is 49.9 Å². The fraction of sp³-hybridized carbons (Fsp3) is 0.130. The van der Waals surface area contributed by atoms with E-state index in [9.17, 15) is 9.59 Å². The fourth-order valence-corrected chi connectivity index (χ4v) is 4.76. The molecule has 8 heteroatoms. The van der Waals surface area contributed by atoms with Crippen molar-refractivity contribution in [1.82, 2.24) is 0 Å². The zero-order valence-corrected chi connectivity index (χ0v) is 18.2. The second-order valence-electron chi connectivity index (χ2n) is 7.31. The SMILES string of the molecule is O=C1C2ON(c3ccccc3)C(c3ccc(Cl)cc3Cl)C2C(=O)N1c1ccc(Cl)cc1. The third-order valence-corrected chi connectivity index (χ3v) is 6.31. The molecule has 31 heavy (non-hydrogen) atoms. The maximum atomic E-state index is 13.5. The molecule has 5 rings (SSSR count). The van der Waals surface area contributed by atoms with E-state index in [1.807, 2.05) is 30.3 Å². The summed E-state index contributed by atoms with van der Waals surface area (Å²) in [5.41, 5.74) is 1.82. The highest BCUT2D eigenvalue weighted by Crippen LogP contribution is 2.49. The number of hydroxylamine groups is 1. The van der Waals surface area contributed by atoms with Crippen LogP contribution in [0.15, 0.2) is 72.8 Å². The van der Waals surface area contributed by atoms with E-state index < -0.39 is 24.0 Å². The van der Waals surface area contributed by atoms with Crippen molar-refractivity contribution in [2.24, 2.45) is 5.92 Å². The third-order valence-electron chi connectivity index (χ3n) is 5.49. The number of halogens is 3. The largest absolute Gasteiger partial charge is 0.273 e. The molecule has 5 nitrogen and oxygen atoms in total. The number of hydrogen-bond acceptors (Lipinski definition) is 4. The highest BCUT2D eigenvalue weighted by molar-refractivity contribution is 6.35. The summed E-state index contributed by atoms with van der Waals surface area (Å²) < 4.78 is 0. The van der Waals surface area contributed by atoms with Gasteiger partial charge in [-0.3, -0.25) is 14.4 Å². The lowest BCUT2D eigenvalue weighted by atomic mass is 9.90. The molecule has 2 aliphatic heterocycles. The van der Waals surface area contributed by atoms with E-state index in [0.717, 1.165) is 4.90 Å². The number of hydrogen-bond donors (Lipinski definition) is 0. The minimum Gasteiger partial charge on any atom is -0.273 e. The Morgan fingerprint density at radius 3 is 2.10 bits per heavy atom. The molecular formula is C23H15Cl3N2O3. The highest BCUT2D eigenvalue weighted by Gasteiger charge is 2.60. The van der Waals surface area contributed by atoms with E-state index in [2.05, 4.69) is 0 Å². The Bertz CT molecular complexity index is 1170. The van der Waals surface area contributed by atoms with Gasteiger partial charge in [0.15, 0.2) is 6.10 Å². The predicted molar refractivity (Wildman–Crippen MR) is 120 cm³/mol. The van der Waals surface area contributed by atoms with Gasteiger partial charge in [0.05, 0.1) is 17.4 Å².